The molecule has 0 saturated heterocycles. The predicted molar refractivity (Wildman–Crippen MR) is 80.6 cm³/mol. The van der Waals surface area contributed by atoms with Crippen LogP contribution in [0.4, 0.5) is 0 Å². The van der Waals surface area contributed by atoms with Gasteiger partial charge in [0.25, 0.3) is 5.91 Å². The van der Waals surface area contributed by atoms with Crippen LogP contribution in [0.3, 0.4) is 0 Å². The van der Waals surface area contributed by atoms with Crippen molar-refractivity contribution in [1.29, 1.82) is 0 Å². The average molecular weight is 305 g/mol. The number of carbonyl (C=O) groups is 2. The summed E-state index contributed by atoms with van der Waals surface area (Å²) >= 11 is 0. The number of hydrogen-bond donors (Lipinski definition) is 2. The number of nitrogens with zero attached hydrogens (tertiary/aromatic N) is 2. The SMILES string of the molecule is CC1CCC(NC(=O)c2cnn3c2CCCC3)(C(=O)O)CC1. The molecule has 2 aliphatic rings. The summed E-state index contributed by atoms with van der Waals surface area (Å²) in [6.07, 6.45) is 7.20. The molecule has 0 radical (unpaired) electrons. The quantitative estimate of drug-likeness (QED) is 0.894. The Morgan fingerprint density at radius 3 is 2.77 bits per heavy atom. The van der Waals surface area contributed by atoms with Crippen molar-refractivity contribution in [1.82, 2.24) is 15.1 Å². The molecule has 1 aromatic heterocycles. The van der Waals surface area contributed by atoms with Crippen molar-refractivity contribution in [2.75, 3.05) is 0 Å². The molecule has 1 aliphatic heterocycles. The lowest BCUT2D eigenvalue weighted by atomic mass is 9.77. The first-order chi connectivity index (χ1) is 10.5. The largest absolute Gasteiger partial charge is 0.480 e. The molecule has 1 saturated carbocycles. The number of fused-ring (bicyclic) bond motifs is 1. The average Bonchev–Trinajstić information content (AvgIpc) is 2.93. The fourth-order valence-electron chi connectivity index (χ4n) is 3.54. The first-order valence-corrected chi connectivity index (χ1v) is 8.12. The Hall–Kier alpha value is -1.85. The molecule has 3 rings (SSSR count). The van der Waals surface area contributed by atoms with E-state index in [9.17, 15) is 14.7 Å². The molecular formula is C16H23N3O3. The maximum absolute atomic E-state index is 12.6. The molecule has 2 N–H and O–H groups in total. The number of nitrogens with one attached hydrogen (secondary N) is 1. The van der Waals surface area contributed by atoms with Crippen molar-refractivity contribution in [2.24, 2.45) is 5.92 Å². The Labute approximate surface area is 129 Å². The van der Waals surface area contributed by atoms with Crippen LogP contribution < -0.4 is 5.32 Å². The second kappa shape index (κ2) is 5.74. The normalized spacial score (nSPS) is 28.0. The van der Waals surface area contributed by atoms with E-state index in [0.29, 0.717) is 24.3 Å². The summed E-state index contributed by atoms with van der Waals surface area (Å²) in [5, 5.41) is 16.7. The molecule has 1 aromatic rings. The number of hydrogen-bond acceptors (Lipinski definition) is 3. The summed E-state index contributed by atoms with van der Waals surface area (Å²) in [7, 11) is 0. The molecule has 1 fully saturated rings. The predicted octanol–water partition coefficient (Wildman–Crippen LogP) is 1.98. The van der Waals surface area contributed by atoms with Crippen LogP contribution in [0, 0.1) is 5.92 Å². The summed E-state index contributed by atoms with van der Waals surface area (Å²) in [5.41, 5.74) is 0.361. The van der Waals surface area contributed by atoms with E-state index in [4.69, 9.17) is 0 Å². The van der Waals surface area contributed by atoms with Crippen LogP contribution in [0.25, 0.3) is 0 Å². The lowest BCUT2D eigenvalue weighted by Gasteiger charge is -2.36. The van der Waals surface area contributed by atoms with E-state index in [1.807, 2.05) is 4.68 Å². The molecule has 0 spiro atoms. The van der Waals surface area contributed by atoms with E-state index >= 15 is 0 Å². The van der Waals surface area contributed by atoms with Crippen molar-refractivity contribution in [3.63, 3.8) is 0 Å². The summed E-state index contributed by atoms with van der Waals surface area (Å²) in [6, 6.07) is 0. The van der Waals surface area contributed by atoms with E-state index in [-0.39, 0.29) is 5.91 Å². The molecule has 2 heterocycles. The first kappa shape index (κ1) is 15.1. The van der Waals surface area contributed by atoms with E-state index in [1.54, 1.807) is 6.20 Å². The number of rotatable bonds is 3. The molecule has 6 nitrogen and oxygen atoms in total. The summed E-state index contributed by atoms with van der Waals surface area (Å²) in [6.45, 7) is 2.96. The number of carboxylic acids is 1. The summed E-state index contributed by atoms with van der Waals surface area (Å²) < 4.78 is 1.87. The molecule has 0 unspecified atom stereocenters. The molecule has 0 aromatic carbocycles. The zero-order valence-corrected chi connectivity index (χ0v) is 13.0. The molecule has 6 heteroatoms. The smallest absolute Gasteiger partial charge is 0.329 e. The highest BCUT2D eigenvalue weighted by molar-refractivity contribution is 5.98. The third kappa shape index (κ3) is 2.62. The van der Waals surface area contributed by atoms with Crippen molar-refractivity contribution in [2.45, 2.75) is 64.0 Å². The van der Waals surface area contributed by atoms with Crippen molar-refractivity contribution >= 4 is 11.9 Å². The van der Waals surface area contributed by atoms with Crippen LogP contribution in [0.2, 0.25) is 0 Å². The molecule has 120 valence electrons. The van der Waals surface area contributed by atoms with Gasteiger partial charge in [-0.1, -0.05) is 6.92 Å². The fourth-order valence-corrected chi connectivity index (χ4v) is 3.54. The number of aromatic nitrogens is 2. The third-order valence-corrected chi connectivity index (χ3v) is 5.12. The maximum Gasteiger partial charge on any atom is 0.329 e. The number of carbonyl (C=O) groups excluding carboxylic acids is 1. The third-order valence-electron chi connectivity index (χ3n) is 5.12. The highest BCUT2D eigenvalue weighted by Gasteiger charge is 2.43. The van der Waals surface area contributed by atoms with Gasteiger partial charge in [0.05, 0.1) is 17.5 Å². The Bertz CT molecular complexity index is 585. The van der Waals surface area contributed by atoms with Crippen molar-refractivity contribution < 1.29 is 14.7 Å². The Morgan fingerprint density at radius 2 is 2.09 bits per heavy atom. The van der Waals surface area contributed by atoms with Gasteiger partial charge in [0.1, 0.15) is 5.54 Å². The van der Waals surface area contributed by atoms with Gasteiger partial charge in [0.15, 0.2) is 0 Å². The van der Waals surface area contributed by atoms with Crippen LogP contribution in [-0.4, -0.2) is 32.3 Å². The highest BCUT2D eigenvalue weighted by atomic mass is 16.4. The van der Waals surface area contributed by atoms with Crippen LogP contribution in [0.15, 0.2) is 6.20 Å². The van der Waals surface area contributed by atoms with Gasteiger partial charge in [-0.3, -0.25) is 9.48 Å². The molecule has 0 bridgehead atoms. The lowest BCUT2D eigenvalue weighted by Crippen LogP contribution is -2.56. The topological polar surface area (TPSA) is 84.2 Å². The van der Waals surface area contributed by atoms with E-state index in [2.05, 4.69) is 17.3 Å². The Morgan fingerprint density at radius 1 is 1.36 bits per heavy atom. The van der Waals surface area contributed by atoms with Crippen molar-refractivity contribution in [3.05, 3.63) is 17.5 Å². The van der Waals surface area contributed by atoms with Gasteiger partial charge in [0.2, 0.25) is 0 Å². The number of aryl methyl sites for hydroxylation is 1. The minimum Gasteiger partial charge on any atom is -0.480 e. The highest BCUT2D eigenvalue weighted by Crippen LogP contribution is 2.32. The van der Waals surface area contributed by atoms with Gasteiger partial charge >= 0.3 is 5.97 Å². The lowest BCUT2D eigenvalue weighted by molar-refractivity contribution is -0.146. The maximum atomic E-state index is 12.6. The number of aliphatic carboxylic acids is 1. The van der Waals surface area contributed by atoms with Gasteiger partial charge in [0, 0.05) is 6.54 Å². The zero-order valence-electron chi connectivity index (χ0n) is 13.0. The molecular weight excluding hydrogens is 282 g/mol. The molecule has 22 heavy (non-hydrogen) atoms. The minimum absolute atomic E-state index is 0.292. The van der Waals surface area contributed by atoms with E-state index in [1.165, 1.54) is 0 Å². The number of amides is 1. The molecule has 1 amide bonds. The zero-order chi connectivity index (χ0) is 15.7. The number of carboxylic acid groups (broad SMARTS) is 1. The monoisotopic (exact) mass is 305 g/mol. The second-order valence-corrected chi connectivity index (χ2v) is 6.71. The van der Waals surface area contributed by atoms with Crippen LogP contribution in [-0.2, 0) is 17.8 Å². The van der Waals surface area contributed by atoms with Gasteiger partial charge in [-0.2, -0.15) is 5.10 Å². The van der Waals surface area contributed by atoms with Gasteiger partial charge in [-0.25, -0.2) is 4.79 Å². The van der Waals surface area contributed by atoms with Crippen LogP contribution >= 0.6 is 0 Å². The standard InChI is InChI=1S/C16H23N3O3/c1-11-5-7-16(8-6-11,15(21)22)18-14(20)12-10-17-19-9-3-2-4-13(12)19/h10-11H,2-9H2,1H3,(H,18,20)(H,21,22). The van der Waals surface area contributed by atoms with Gasteiger partial charge < -0.3 is 10.4 Å². The van der Waals surface area contributed by atoms with Gasteiger partial charge in [-0.05, 0) is 50.9 Å². The Kier molecular flexibility index (Phi) is 3.93. The Balaban J connectivity index is 1.80. The van der Waals surface area contributed by atoms with Crippen LogP contribution in [0.1, 0.15) is 61.5 Å². The second-order valence-electron chi connectivity index (χ2n) is 6.71. The summed E-state index contributed by atoms with van der Waals surface area (Å²) in [5.74, 6) is -0.692. The van der Waals surface area contributed by atoms with Crippen LogP contribution in [0.5, 0.6) is 0 Å². The summed E-state index contributed by atoms with van der Waals surface area (Å²) in [4.78, 5) is 24.4. The first-order valence-electron chi connectivity index (χ1n) is 8.12. The van der Waals surface area contributed by atoms with Gasteiger partial charge in [-0.15, -0.1) is 0 Å². The minimum atomic E-state index is -1.12. The van der Waals surface area contributed by atoms with E-state index in [0.717, 1.165) is 44.3 Å². The van der Waals surface area contributed by atoms with E-state index < -0.39 is 11.5 Å². The molecule has 0 atom stereocenters. The van der Waals surface area contributed by atoms with Crippen molar-refractivity contribution in [3.8, 4) is 0 Å². The molecule has 1 aliphatic carbocycles. The fraction of sp³-hybridized carbons (Fsp3) is 0.688.